The molecule has 0 unspecified atom stereocenters. The highest BCUT2D eigenvalue weighted by Crippen LogP contribution is 2.40. The zero-order valence-corrected chi connectivity index (χ0v) is 18.5. The van der Waals surface area contributed by atoms with Crippen LogP contribution in [-0.2, 0) is 19.3 Å². The van der Waals surface area contributed by atoms with Gasteiger partial charge >= 0.3 is 0 Å². The van der Waals surface area contributed by atoms with E-state index in [0.29, 0.717) is 12.2 Å². The number of carbonyl (C=O) groups is 1. The zero-order chi connectivity index (χ0) is 21.1. The number of hydrogen-bond donors (Lipinski definition) is 0. The van der Waals surface area contributed by atoms with Crippen molar-refractivity contribution < 1.29 is 4.79 Å². The average Bonchev–Trinajstić information content (AvgIpc) is 3.18. The van der Waals surface area contributed by atoms with Gasteiger partial charge in [0.2, 0.25) is 0 Å². The van der Waals surface area contributed by atoms with Gasteiger partial charge in [0, 0.05) is 36.5 Å². The molecule has 2 aliphatic heterocycles. The minimum atomic E-state index is 0.305. The first kappa shape index (κ1) is 20.9. The molecule has 3 heteroatoms. The third kappa shape index (κ3) is 4.52. The Morgan fingerprint density at radius 2 is 1.83 bits per heavy atom. The number of anilines is 1. The molecule has 2 aromatic rings. The largest absolute Gasteiger partial charge is 0.345 e. The standard InChI is InChI=1S/C27H34N2O/c1-20-8-4-5-9-22(20)13-16-28(3)15-7-6-10-26(30)25-18-23-12-11-21(2)29-17-14-24(19-25)27(23)29/h4-5,8-9,18-19H,2,6-7,10-17H2,1,3H3. The smallest absolute Gasteiger partial charge is 0.162 e. The molecule has 0 atom stereocenters. The SMILES string of the molecule is C=C1CCc2cc(C(=O)CCCCN(C)CCc3ccccc3C)cc3c2N1CC3. The molecular weight excluding hydrogens is 368 g/mol. The van der Waals surface area contributed by atoms with Gasteiger partial charge in [0.1, 0.15) is 0 Å². The summed E-state index contributed by atoms with van der Waals surface area (Å²) in [5.41, 5.74) is 8.99. The second-order valence-corrected chi connectivity index (χ2v) is 8.97. The predicted molar refractivity (Wildman–Crippen MR) is 126 cm³/mol. The van der Waals surface area contributed by atoms with Crippen LogP contribution < -0.4 is 4.90 Å². The summed E-state index contributed by atoms with van der Waals surface area (Å²) in [7, 11) is 2.19. The van der Waals surface area contributed by atoms with E-state index in [1.807, 2.05) is 0 Å². The molecule has 30 heavy (non-hydrogen) atoms. The van der Waals surface area contributed by atoms with E-state index in [1.165, 1.54) is 33.6 Å². The van der Waals surface area contributed by atoms with Crippen LogP contribution in [-0.4, -0.2) is 37.4 Å². The Kier molecular flexibility index (Phi) is 6.38. The van der Waals surface area contributed by atoms with Gasteiger partial charge < -0.3 is 9.80 Å². The lowest BCUT2D eigenvalue weighted by atomic mass is 9.93. The van der Waals surface area contributed by atoms with Gasteiger partial charge in [-0.15, -0.1) is 0 Å². The van der Waals surface area contributed by atoms with Gasteiger partial charge in [0.15, 0.2) is 5.78 Å². The first-order valence-corrected chi connectivity index (χ1v) is 11.4. The molecule has 0 N–H and O–H groups in total. The molecule has 0 aliphatic carbocycles. The third-order valence-electron chi connectivity index (χ3n) is 6.75. The van der Waals surface area contributed by atoms with Gasteiger partial charge in [-0.2, -0.15) is 0 Å². The van der Waals surface area contributed by atoms with Crippen LogP contribution in [0.25, 0.3) is 0 Å². The van der Waals surface area contributed by atoms with Gasteiger partial charge in [-0.3, -0.25) is 4.79 Å². The minimum absolute atomic E-state index is 0.305. The van der Waals surface area contributed by atoms with E-state index in [-0.39, 0.29) is 0 Å². The number of hydrogen-bond acceptors (Lipinski definition) is 3. The van der Waals surface area contributed by atoms with Crippen LogP contribution in [0.5, 0.6) is 0 Å². The lowest BCUT2D eigenvalue weighted by molar-refractivity contribution is 0.0978. The van der Waals surface area contributed by atoms with Gasteiger partial charge in [0.25, 0.3) is 0 Å². The summed E-state index contributed by atoms with van der Waals surface area (Å²) in [4.78, 5) is 17.6. The van der Waals surface area contributed by atoms with E-state index < -0.39 is 0 Å². The Morgan fingerprint density at radius 1 is 1.07 bits per heavy atom. The second kappa shape index (κ2) is 9.18. The van der Waals surface area contributed by atoms with Gasteiger partial charge in [0.05, 0.1) is 0 Å². The molecule has 2 aliphatic rings. The van der Waals surface area contributed by atoms with Crippen molar-refractivity contribution in [1.29, 1.82) is 0 Å². The average molecular weight is 403 g/mol. The second-order valence-electron chi connectivity index (χ2n) is 8.97. The first-order valence-electron chi connectivity index (χ1n) is 11.4. The quantitative estimate of drug-likeness (QED) is 0.417. The number of carbonyl (C=O) groups excluding carboxylic acids is 1. The van der Waals surface area contributed by atoms with E-state index in [9.17, 15) is 4.79 Å². The van der Waals surface area contributed by atoms with Crippen molar-refractivity contribution in [1.82, 2.24) is 4.90 Å². The van der Waals surface area contributed by atoms with Crippen molar-refractivity contribution in [3.8, 4) is 0 Å². The summed E-state index contributed by atoms with van der Waals surface area (Å²) in [6.07, 6.45) is 6.84. The molecule has 0 radical (unpaired) electrons. The topological polar surface area (TPSA) is 23.6 Å². The highest BCUT2D eigenvalue weighted by molar-refractivity contribution is 5.97. The minimum Gasteiger partial charge on any atom is -0.345 e. The highest BCUT2D eigenvalue weighted by Gasteiger charge is 2.29. The van der Waals surface area contributed by atoms with E-state index >= 15 is 0 Å². The van der Waals surface area contributed by atoms with Crippen LogP contribution in [0.4, 0.5) is 5.69 Å². The molecule has 0 saturated heterocycles. The molecule has 0 fully saturated rings. The molecule has 0 amide bonds. The summed E-state index contributed by atoms with van der Waals surface area (Å²) < 4.78 is 0. The fraction of sp³-hybridized carbons (Fsp3) is 0.444. The van der Waals surface area contributed by atoms with Crippen LogP contribution in [0.2, 0.25) is 0 Å². The number of allylic oxidation sites excluding steroid dienone is 1. The predicted octanol–water partition coefficient (Wildman–Crippen LogP) is 5.34. The van der Waals surface area contributed by atoms with E-state index in [2.05, 4.69) is 66.7 Å². The number of unbranched alkanes of at least 4 members (excludes halogenated alkanes) is 1. The normalized spacial score (nSPS) is 15.0. The van der Waals surface area contributed by atoms with E-state index in [1.54, 1.807) is 0 Å². The molecule has 158 valence electrons. The maximum Gasteiger partial charge on any atom is 0.162 e. The van der Waals surface area contributed by atoms with Crippen LogP contribution in [0, 0.1) is 6.92 Å². The number of likely N-dealkylation sites (N-methyl/N-ethyl adjacent to an activating group) is 1. The maximum atomic E-state index is 12.8. The Balaban J connectivity index is 1.24. The summed E-state index contributed by atoms with van der Waals surface area (Å²) in [6, 6.07) is 12.9. The molecule has 4 rings (SSSR count). The van der Waals surface area contributed by atoms with Crippen molar-refractivity contribution in [3.63, 3.8) is 0 Å². The summed E-state index contributed by atoms with van der Waals surface area (Å²) in [5, 5.41) is 0. The molecule has 0 spiro atoms. The fourth-order valence-corrected chi connectivity index (χ4v) is 4.85. The molecule has 2 heterocycles. The lowest BCUT2D eigenvalue weighted by Crippen LogP contribution is -2.24. The summed E-state index contributed by atoms with van der Waals surface area (Å²) in [5.74, 6) is 0.305. The number of ketones is 1. The van der Waals surface area contributed by atoms with Gasteiger partial charge in [-0.25, -0.2) is 0 Å². The number of aryl methyl sites for hydroxylation is 2. The number of Topliss-reactive ketones (excluding diaryl/α,β-unsaturated/α-hetero) is 1. The van der Waals surface area contributed by atoms with Crippen molar-refractivity contribution in [2.75, 3.05) is 31.6 Å². The number of benzene rings is 2. The molecule has 0 bridgehead atoms. The summed E-state index contributed by atoms with van der Waals surface area (Å²) >= 11 is 0. The van der Waals surface area contributed by atoms with E-state index in [0.717, 1.165) is 63.7 Å². The van der Waals surface area contributed by atoms with Crippen LogP contribution in [0.15, 0.2) is 48.7 Å². The molecule has 0 saturated carbocycles. The van der Waals surface area contributed by atoms with Crippen molar-refractivity contribution >= 4 is 11.5 Å². The number of rotatable bonds is 9. The Labute approximate surface area is 181 Å². The Bertz CT molecular complexity index is 946. The lowest BCUT2D eigenvalue weighted by Gasteiger charge is -2.29. The first-order chi connectivity index (χ1) is 14.5. The molecular formula is C27H34N2O. The Morgan fingerprint density at radius 3 is 2.63 bits per heavy atom. The van der Waals surface area contributed by atoms with E-state index in [4.69, 9.17) is 0 Å². The Hall–Kier alpha value is -2.39. The molecule has 0 aromatic heterocycles. The molecule has 2 aromatic carbocycles. The fourth-order valence-electron chi connectivity index (χ4n) is 4.85. The van der Waals surface area contributed by atoms with Crippen LogP contribution >= 0.6 is 0 Å². The van der Waals surface area contributed by atoms with Gasteiger partial charge in [-0.05, 0) is 93.4 Å². The zero-order valence-electron chi connectivity index (χ0n) is 18.5. The van der Waals surface area contributed by atoms with Crippen molar-refractivity contribution in [2.45, 2.75) is 51.9 Å². The van der Waals surface area contributed by atoms with Crippen molar-refractivity contribution in [3.05, 3.63) is 76.5 Å². The highest BCUT2D eigenvalue weighted by atomic mass is 16.1. The monoisotopic (exact) mass is 402 g/mol. The molecule has 3 nitrogen and oxygen atoms in total. The maximum absolute atomic E-state index is 12.8. The van der Waals surface area contributed by atoms with Gasteiger partial charge in [-0.1, -0.05) is 30.8 Å². The summed E-state index contributed by atoms with van der Waals surface area (Å²) in [6.45, 7) is 9.53. The third-order valence-corrected chi connectivity index (χ3v) is 6.75. The van der Waals surface area contributed by atoms with Crippen LogP contribution in [0.1, 0.15) is 58.3 Å². The number of nitrogens with zero attached hydrogens (tertiary/aromatic N) is 2. The van der Waals surface area contributed by atoms with Crippen molar-refractivity contribution in [2.24, 2.45) is 0 Å². The van der Waals surface area contributed by atoms with Crippen LogP contribution in [0.3, 0.4) is 0 Å².